The molecule has 0 aromatic heterocycles. The molecule has 1 N–H and O–H groups in total. The molecule has 0 saturated carbocycles. The quantitative estimate of drug-likeness (QED) is 0.690. The van der Waals surface area contributed by atoms with Gasteiger partial charge in [0.25, 0.3) is 5.91 Å². The minimum absolute atomic E-state index is 0.00529. The highest BCUT2D eigenvalue weighted by Crippen LogP contribution is 2.28. The van der Waals surface area contributed by atoms with Gasteiger partial charge in [0.15, 0.2) is 0 Å². The topological polar surface area (TPSA) is 84.9 Å². The number of rotatable bonds is 7. The van der Waals surface area contributed by atoms with Crippen molar-refractivity contribution in [3.05, 3.63) is 48.0 Å². The van der Waals surface area contributed by atoms with Crippen molar-refractivity contribution in [2.75, 3.05) is 25.5 Å². The van der Waals surface area contributed by atoms with E-state index in [0.29, 0.717) is 36.2 Å². The summed E-state index contributed by atoms with van der Waals surface area (Å²) in [4.78, 5) is 13.1. The Morgan fingerprint density at radius 1 is 1.13 bits per heavy atom. The fourth-order valence-electron chi connectivity index (χ4n) is 3.52. The number of piperidine rings is 1. The van der Waals surface area contributed by atoms with Gasteiger partial charge in [-0.25, -0.2) is 8.42 Å². The molecule has 3 rings (SSSR count). The molecule has 31 heavy (non-hydrogen) atoms. The van der Waals surface area contributed by atoms with Gasteiger partial charge in [-0.15, -0.1) is 0 Å². The Kier molecular flexibility index (Phi) is 7.23. The summed E-state index contributed by atoms with van der Waals surface area (Å²) in [6, 6.07) is 11.4. The van der Waals surface area contributed by atoms with Gasteiger partial charge in [0.2, 0.25) is 10.0 Å². The van der Waals surface area contributed by atoms with E-state index in [9.17, 15) is 13.2 Å². The van der Waals surface area contributed by atoms with Crippen LogP contribution in [0.4, 0.5) is 5.69 Å². The number of ether oxygens (including phenoxy) is 2. The lowest BCUT2D eigenvalue weighted by Crippen LogP contribution is -2.37. The molecule has 0 atom stereocenters. The fourth-order valence-corrected chi connectivity index (χ4v) is 5.01. The number of benzene rings is 2. The van der Waals surface area contributed by atoms with Crippen molar-refractivity contribution in [3.8, 4) is 11.5 Å². The molecule has 1 heterocycles. The fraction of sp³-hybridized carbons (Fsp3) is 0.435. The molecule has 1 amide bonds. The summed E-state index contributed by atoms with van der Waals surface area (Å²) >= 11 is 0. The Balaban J connectivity index is 1.86. The number of amides is 1. The van der Waals surface area contributed by atoms with E-state index in [1.807, 2.05) is 19.9 Å². The van der Waals surface area contributed by atoms with Crippen molar-refractivity contribution in [2.45, 2.75) is 44.6 Å². The molecular formula is C23H30N2O5S. The molecule has 0 bridgehead atoms. The molecule has 0 aliphatic carbocycles. The summed E-state index contributed by atoms with van der Waals surface area (Å²) in [6.45, 7) is 6.94. The van der Waals surface area contributed by atoms with Crippen LogP contribution < -0.4 is 14.8 Å². The van der Waals surface area contributed by atoms with E-state index >= 15 is 0 Å². The molecule has 1 saturated heterocycles. The van der Waals surface area contributed by atoms with Crippen LogP contribution in [-0.4, -0.2) is 44.9 Å². The molecule has 8 heteroatoms. The number of anilines is 1. The summed E-state index contributed by atoms with van der Waals surface area (Å²) in [5, 5.41) is 2.80. The summed E-state index contributed by atoms with van der Waals surface area (Å²) in [5.74, 6) is 0.996. The van der Waals surface area contributed by atoms with Crippen LogP contribution in [-0.2, 0) is 10.0 Å². The average molecular weight is 447 g/mol. The van der Waals surface area contributed by atoms with E-state index in [1.54, 1.807) is 18.2 Å². The first-order chi connectivity index (χ1) is 14.7. The maximum atomic E-state index is 13.1. The third kappa shape index (κ3) is 5.57. The van der Waals surface area contributed by atoms with E-state index < -0.39 is 15.9 Å². The predicted molar refractivity (Wildman–Crippen MR) is 120 cm³/mol. The van der Waals surface area contributed by atoms with Gasteiger partial charge in [-0.3, -0.25) is 4.79 Å². The first kappa shape index (κ1) is 23.1. The number of methoxy groups -OCH3 is 1. The lowest BCUT2D eigenvalue weighted by molar-refractivity contribution is 0.102. The van der Waals surface area contributed by atoms with Crippen molar-refractivity contribution in [3.63, 3.8) is 0 Å². The van der Waals surface area contributed by atoms with Crippen molar-refractivity contribution >= 4 is 21.6 Å². The minimum atomic E-state index is -3.68. The van der Waals surface area contributed by atoms with Gasteiger partial charge in [-0.1, -0.05) is 13.0 Å². The number of carbonyl (C=O) groups excluding carboxylic acids is 1. The van der Waals surface area contributed by atoms with Crippen molar-refractivity contribution in [1.82, 2.24) is 4.31 Å². The summed E-state index contributed by atoms with van der Waals surface area (Å²) in [5.41, 5.74) is 0.701. The van der Waals surface area contributed by atoms with Crippen LogP contribution in [0.15, 0.2) is 47.4 Å². The Morgan fingerprint density at radius 2 is 1.84 bits per heavy atom. The van der Waals surface area contributed by atoms with E-state index in [2.05, 4.69) is 12.2 Å². The molecule has 168 valence electrons. The van der Waals surface area contributed by atoms with Crippen LogP contribution in [0.3, 0.4) is 0 Å². The van der Waals surface area contributed by atoms with Crippen LogP contribution in [0.1, 0.15) is 44.0 Å². The highest BCUT2D eigenvalue weighted by Gasteiger charge is 2.29. The lowest BCUT2D eigenvalue weighted by atomic mass is 10.0. The van der Waals surface area contributed by atoms with Crippen LogP contribution in [0.5, 0.6) is 11.5 Å². The molecule has 2 aromatic carbocycles. The van der Waals surface area contributed by atoms with Crippen molar-refractivity contribution < 1.29 is 22.7 Å². The lowest BCUT2D eigenvalue weighted by Gasteiger charge is -2.29. The Labute approximate surface area is 184 Å². The number of nitrogens with one attached hydrogen (secondary N) is 1. The maximum Gasteiger partial charge on any atom is 0.259 e. The molecular weight excluding hydrogens is 416 g/mol. The van der Waals surface area contributed by atoms with Gasteiger partial charge in [-0.05, 0) is 62.9 Å². The zero-order valence-electron chi connectivity index (χ0n) is 18.4. The van der Waals surface area contributed by atoms with Crippen LogP contribution >= 0.6 is 0 Å². The predicted octanol–water partition coefficient (Wildman–Crippen LogP) is 4.16. The molecule has 2 aromatic rings. The smallest absolute Gasteiger partial charge is 0.259 e. The van der Waals surface area contributed by atoms with Gasteiger partial charge in [0, 0.05) is 24.8 Å². The second-order valence-electron chi connectivity index (χ2n) is 8.10. The SMILES string of the molecule is COc1ccc(S(=O)(=O)N2CCC(C)CC2)cc1C(=O)Nc1cccc(OC(C)C)c1. The summed E-state index contributed by atoms with van der Waals surface area (Å²) in [7, 11) is -2.23. The summed E-state index contributed by atoms with van der Waals surface area (Å²) in [6.07, 6.45) is 1.67. The monoisotopic (exact) mass is 446 g/mol. The number of sulfonamides is 1. The van der Waals surface area contributed by atoms with E-state index in [1.165, 1.54) is 29.6 Å². The highest BCUT2D eigenvalue weighted by atomic mass is 32.2. The molecule has 0 spiro atoms. The molecule has 7 nitrogen and oxygen atoms in total. The highest BCUT2D eigenvalue weighted by molar-refractivity contribution is 7.89. The molecule has 1 fully saturated rings. The van der Waals surface area contributed by atoms with Gasteiger partial charge >= 0.3 is 0 Å². The first-order valence-electron chi connectivity index (χ1n) is 10.5. The number of carbonyl (C=O) groups is 1. The second-order valence-corrected chi connectivity index (χ2v) is 10.0. The molecule has 0 radical (unpaired) electrons. The minimum Gasteiger partial charge on any atom is -0.496 e. The Morgan fingerprint density at radius 3 is 2.48 bits per heavy atom. The third-order valence-electron chi connectivity index (χ3n) is 5.26. The van der Waals surface area contributed by atoms with Crippen molar-refractivity contribution in [2.24, 2.45) is 5.92 Å². The van der Waals surface area contributed by atoms with E-state index in [4.69, 9.17) is 9.47 Å². The van der Waals surface area contributed by atoms with Crippen LogP contribution in [0.2, 0.25) is 0 Å². The number of hydrogen-bond acceptors (Lipinski definition) is 5. The van der Waals surface area contributed by atoms with Gasteiger partial charge < -0.3 is 14.8 Å². The normalized spacial score (nSPS) is 15.6. The zero-order valence-corrected chi connectivity index (χ0v) is 19.2. The largest absolute Gasteiger partial charge is 0.496 e. The summed E-state index contributed by atoms with van der Waals surface area (Å²) < 4.78 is 38.7. The zero-order chi connectivity index (χ0) is 22.6. The number of nitrogens with zero attached hydrogens (tertiary/aromatic N) is 1. The van der Waals surface area contributed by atoms with Gasteiger partial charge in [-0.2, -0.15) is 4.31 Å². The molecule has 1 aliphatic rings. The average Bonchev–Trinajstić information content (AvgIpc) is 2.73. The Hall–Kier alpha value is -2.58. The first-order valence-corrected chi connectivity index (χ1v) is 11.9. The number of hydrogen-bond donors (Lipinski definition) is 1. The second kappa shape index (κ2) is 9.70. The maximum absolute atomic E-state index is 13.1. The third-order valence-corrected chi connectivity index (χ3v) is 7.15. The van der Waals surface area contributed by atoms with E-state index in [0.717, 1.165) is 12.8 Å². The van der Waals surface area contributed by atoms with Crippen LogP contribution in [0, 0.1) is 5.92 Å². The van der Waals surface area contributed by atoms with Crippen molar-refractivity contribution in [1.29, 1.82) is 0 Å². The van der Waals surface area contributed by atoms with Gasteiger partial charge in [0.05, 0.1) is 23.7 Å². The molecule has 1 aliphatic heterocycles. The Bertz CT molecular complexity index is 1030. The van der Waals surface area contributed by atoms with Crippen LogP contribution in [0.25, 0.3) is 0 Å². The molecule has 0 unspecified atom stereocenters. The standard InChI is InChI=1S/C23H30N2O5S/c1-16(2)30-19-7-5-6-18(14-19)24-23(26)21-15-20(8-9-22(21)29-4)31(27,28)25-12-10-17(3)11-13-25/h5-9,14-17H,10-13H2,1-4H3,(H,24,26). The van der Waals surface area contributed by atoms with Gasteiger partial charge in [0.1, 0.15) is 11.5 Å². The van der Waals surface area contributed by atoms with E-state index in [-0.39, 0.29) is 16.6 Å².